The van der Waals surface area contributed by atoms with Gasteiger partial charge in [0.15, 0.2) is 0 Å². The molecule has 9 nitrogen and oxygen atoms in total. The zero-order valence-corrected chi connectivity index (χ0v) is 20.3. The summed E-state index contributed by atoms with van der Waals surface area (Å²) in [5.41, 5.74) is -0.536. The number of likely N-dealkylation sites (tertiary alicyclic amines) is 1. The lowest BCUT2D eigenvalue weighted by atomic mass is 9.70. The van der Waals surface area contributed by atoms with Crippen LogP contribution in [-0.4, -0.2) is 77.1 Å². The van der Waals surface area contributed by atoms with Crippen molar-refractivity contribution in [3.8, 4) is 5.75 Å². The Hall–Kier alpha value is -2.17. The van der Waals surface area contributed by atoms with E-state index in [0.29, 0.717) is 30.8 Å². The van der Waals surface area contributed by atoms with E-state index in [9.17, 15) is 19.5 Å². The second-order valence-corrected chi connectivity index (χ2v) is 9.96. The maximum Gasteiger partial charge on any atom is 0.250 e. The molecule has 4 rings (SSSR count). The molecule has 0 radical (unpaired) electrons. The minimum Gasteiger partial charge on any atom is -0.497 e. The van der Waals surface area contributed by atoms with E-state index in [2.05, 4.69) is 26.6 Å². The molecule has 1 aromatic carbocycles. The maximum atomic E-state index is 13.6. The molecule has 3 aliphatic rings. The molecule has 3 fully saturated rings. The van der Waals surface area contributed by atoms with Gasteiger partial charge in [0.25, 0.3) is 0 Å². The number of methoxy groups -OCH3 is 1. The van der Waals surface area contributed by atoms with E-state index in [0.717, 1.165) is 6.42 Å². The number of aliphatic hydroxyl groups excluding tert-OH is 1. The number of hydrogen-bond acceptors (Lipinski definition) is 6. The third-order valence-electron chi connectivity index (χ3n) is 6.80. The van der Waals surface area contributed by atoms with Crippen LogP contribution in [0.25, 0.3) is 0 Å². The lowest BCUT2D eigenvalue weighted by Gasteiger charge is -2.34. The van der Waals surface area contributed by atoms with Gasteiger partial charge in [-0.2, -0.15) is 0 Å². The van der Waals surface area contributed by atoms with Gasteiger partial charge in [0.1, 0.15) is 17.4 Å². The predicted octanol–water partition coefficient (Wildman–Crippen LogP) is 1.29. The first-order valence-corrected chi connectivity index (χ1v) is 12.2. The Morgan fingerprint density at radius 2 is 2.03 bits per heavy atom. The molecule has 0 aliphatic carbocycles. The molecule has 0 saturated carbocycles. The van der Waals surface area contributed by atoms with Crippen LogP contribution in [0.2, 0.25) is 0 Å². The van der Waals surface area contributed by atoms with Crippen LogP contribution < -0.4 is 15.4 Å². The highest BCUT2D eigenvalue weighted by Gasteiger charge is 2.76. The molecule has 6 atom stereocenters. The number of rotatable bonds is 9. The molecule has 1 aromatic rings. The van der Waals surface area contributed by atoms with Gasteiger partial charge in [0.05, 0.1) is 25.0 Å². The number of carbonyl (C=O) groups excluding carboxylic acids is 3. The second-order valence-electron chi connectivity index (χ2n) is 8.78. The fourth-order valence-electron chi connectivity index (χ4n) is 5.46. The van der Waals surface area contributed by atoms with Gasteiger partial charge in [-0.05, 0) is 43.5 Å². The van der Waals surface area contributed by atoms with Crippen molar-refractivity contribution in [2.75, 3.05) is 32.1 Å². The van der Waals surface area contributed by atoms with Gasteiger partial charge in [0, 0.05) is 30.2 Å². The molecule has 3 heterocycles. The van der Waals surface area contributed by atoms with E-state index < -0.39 is 29.6 Å². The maximum absolute atomic E-state index is 13.6. The van der Waals surface area contributed by atoms with Crippen LogP contribution in [0.15, 0.2) is 24.3 Å². The van der Waals surface area contributed by atoms with Crippen LogP contribution in [0.1, 0.15) is 26.2 Å². The Kier molecular flexibility index (Phi) is 6.97. The third kappa shape index (κ3) is 4.02. The van der Waals surface area contributed by atoms with Gasteiger partial charge in [-0.25, -0.2) is 0 Å². The van der Waals surface area contributed by atoms with Crippen molar-refractivity contribution >= 4 is 39.3 Å². The number of halogens is 1. The van der Waals surface area contributed by atoms with E-state index in [1.54, 1.807) is 31.4 Å². The van der Waals surface area contributed by atoms with Crippen molar-refractivity contribution in [2.45, 2.75) is 48.8 Å². The molecule has 3 saturated heterocycles. The zero-order valence-electron chi connectivity index (χ0n) is 18.8. The van der Waals surface area contributed by atoms with Crippen molar-refractivity contribution < 1.29 is 29.0 Å². The van der Waals surface area contributed by atoms with Crippen molar-refractivity contribution in [1.29, 1.82) is 0 Å². The van der Waals surface area contributed by atoms with E-state index >= 15 is 0 Å². The summed E-state index contributed by atoms with van der Waals surface area (Å²) >= 11 is 3.63. The highest BCUT2D eigenvalue weighted by Crippen LogP contribution is 2.60. The van der Waals surface area contributed by atoms with E-state index in [1.165, 1.54) is 4.90 Å². The standard InChI is InChI=1S/C23H30BrN3O6/c1-3-9-25-20(29)16-17-22(31)27(10-4-11-28)19(23(17)12-15(24)18(16)33-23)21(30)26-13-5-7-14(32-2)8-6-13/h5-8,15-19,28H,3-4,9-12H2,1-2H3,(H,25,29)(H,26,30)/t15?,16-,17-,18-,19?,23?/m0/s1. The molecule has 0 aromatic heterocycles. The molecule has 3 unspecified atom stereocenters. The summed E-state index contributed by atoms with van der Waals surface area (Å²) in [5.74, 6) is -1.60. The van der Waals surface area contributed by atoms with Crippen molar-refractivity contribution in [3.05, 3.63) is 24.3 Å². The average molecular weight is 524 g/mol. The number of fused-ring (bicyclic) bond motifs is 1. The van der Waals surface area contributed by atoms with Crippen LogP contribution in [0.3, 0.4) is 0 Å². The van der Waals surface area contributed by atoms with Crippen LogP contribution in [-0.2, 0) is 19.1 Å². The summed E-state index contributed by atoms with van der Waals surface area (Å²) in [5, 5.41) is 15.2. The van der Waals surface area contributed by atoms with E-state index in [-0.39, 0.29) is 35.7 Å². The lowest BCUT2D eigenvalue weighted by Crippen LogP contribution is -2.54. The fraction of sp³-hybridized carbons (Fsp3) is 0.609. The summed E-state index contributed by atoms with van der Waals surface area (Å²) in [4.78, 5) is 41.6. The highest BCUT2D eigenvalue weighted by atomic mass is 79.9. The lowest BCUT2D eigenvalue weighted by molar-refractivity contribution is -0.140. The molecule has 180 valence electrons. The summed E-state index contributed by atoms with van der Waals surface area (Å²) in [6.45, 7) is 2.57. The molecule has 3 amide bonds. The SMILES string of the molecule is CCCNC(=O)[C@H]1[C@H]2C(=O)N(CCCO)C(C(=O)Nc3ccc(OC)cc3)C23CC(Br)[C@@H]1O3. The van der Waals surface area contributed by atoms with Gasteiger partial charge in [0.2, 0.25) is 17.7 Å². The summed E-state index contributed by atoms with van der Waals surface area (Å²) in [6, 6.07) is 6.02. The largest absolute Gasteiger partial charge is 0.497 e. The Labute approximate surface area is 201 Å². The number of alkyl halides is 1. The van der Waals surface area contributed by atoms with Gasteiger partial charge in [-0.15, -0.1) is 0 Å². The van der Waals surface area contributed by atoms with Gasteiger partial charge in [-0.3, -0.25) is 14.4 Å². The first-order chi connectivity index (χ1) is 15.9. The highest BCUT2D eigenvalue weighted by molar-refractivity contribution is 9.09. The number of carbonyl (C=O) groups is 3. The monoisotopic (exact) mass is 523 g/mol. The number of aliphatic hydroxyl groups is 1. The minimum absolute atomic E-state index is 0.112. The Morgan fingerprint density at radius 1 is 1.30 bits per heavy atom. The number of benzene rings is 1. The first kappa shape index (κ1) is 24.0. The Balaban J connectivity index is 1.66. The number of amides is 3. The van der Waals surface area contributed by atoms with Gasteiger partial charge < -0.3 is 30.1 Å². The number of nitrogens with zero attached hydrogens (tertiary/aromatic N) is 1. The molecule has 10 heteroatoms. The molecule has 1 spiro atoms. The minimum atomic E-state index is -1.10. The normalized spacial score (nSPS) is 32.1. The molecular weight excluding hydrogens is 494 g/mol. The average Bonchev–Trinajstić information content (AvgIpc) is 3.39. The summed E-state index contributed by atoms with van der Waals surface area (Å²) in [7, 11) is 1.56. The Morgan fingerprint density at radius 3 is 2.67 bits per heavy atom. The first-order valence-electron chi connectivity index (χ1n) is 11.3. The zero-order chi connectivity index (χ0) is 23.8. The van der Waals surface area contributed by atoms with E-state index in [4.69, 9.17) is 9.47 Å². The summed E-state index contributed by atoms with van der Waals surface area (Å²) < 4.78 is 11.6. The smallest absolute Gasteiger partial charge is 0.250 e. The second kappa shape index (κ2) is 9.60. The van der Waals surface area contributed by atoms with Crippen molar-refractivity contribution in [3.63, 3.8) is 0 Å². The van der Waals surface area contributed by atoms with Crippen LogP contribution in [0.4, 0.5) is 5.69 Å². The number of nitrogens with one attached hydrogen (secondary N) is 2. The fourth-order valence-corrected chi connectivity index (χ4v) is 6.40. The molecule has 33 heavy (non-hydrogen) atoms. The topological polar surface area (TPSA) is 117 Å². The number of hydrogen-bond donors (Lipinski definition) is 3. The predicted molar refractivity (Wildman–Crippen MR) is 124 cm³/mol. The van der Waals surface area contributed by atoms with Gasteiger partial charge in [-0.1, -0.05) is 22.9 Å². The van der Waals surface area contributed by atoms with Crippen molar-refractivity contribution in [2.24, 2.45) is 11.8 Å². The molecule has 3 N–H and O–H groups in total. The number of anilines is 1. The summed E-state index contributed by atoms with van der Waals surface area (Å²) in [6.07, 6.45) is 1.07. The van der Waals surface area contributed by atoms with Crippen molar-refractivity contribution in [1.82, 2.24) is 10.2 Å². The molecule has 2 bridgehead atoms. The molecular formula is C23H30BrN3O6. The quantitative estimate of drug-likeness (QED) is 0.420. The molecule has 3 aliphatic heterocycles. The van der Waals surface area contributed by atoms with Crippen LogP contribution >= 0.6 is 15.9 Å². The van der Waals surface area contributed by atoms with Crippen LogP contribution in [0.5, 0.6) is 5.75 Å². The van der Waals surface area contributed by atoms with Crippen LogP contribution in [0, 0.1) is 11.8 Å². The van der Waals surface area contributed by atoms with E-state index in [1.807, 2.05) is 6.92 Å². The third-order valence-corrected chi connectivity index (χ3v) is 7.65. The number of ether oxygens (including phenoxy) is 2. The van der Waals surface area contributed by atoms with Gasteiger partial charge >= 0.3 is 0 Å². The Bertz CT molecular complexity index is 912.